The van der Waals surface area contributed by atoms with E-state index in [0.717, 1.165) is 90.8 Å². The molecule has 1 fully saturated rings. The molecule has 21 nitrogen and oxygen atoms in total. The van der Waals surface area contributed by atoms with Crippen molar-refractivity contribution >= 4 is 208 Å². The number of carbonyl (C=O) groups is 8. The molecule has 0 aliphatic carbocycles. The number of amides is 1. The summed E-state index contributed by atoms with van der Waals surface area (Å²) in [6, 6.07) is 15.7. The number of aryl methyl sites for hydroxylation is 1. The molecular formula is C92H125Br2ClN5NaO16S9. The van der Waals surface area contributed by atoms with Crippen LogP contribution in [0.15, 0.2) is 103 Å². The van der Waals surface area contributed by atoms with Crippen LogP contribution in [0.25, 0.3) is 15.9 Å². The zero-order valence-electron chi connectivity index (χ0n) is 77.3. The van der Waals surface area contributed by atoms with Crippen LogP contribution in [0.5, 0.6) is 0 Å². The molecule has 0 saturated carbocycles. The third kappa shape index (κ3) is 41.3. The van der Waals surface area contributed by atoms with Crippen LogP contribution in [-0.4, -0.2) is 135 Å². The molecule has 1 atom stereocenters. The molecule has 126 heavy (non-hydrogen) atoms. The molecule has 0 aromatic carbocycles. The molecule has 690 valence electrons. The third-order valence-corrected chi connectivity index (χ3v) is 32.4. The molecule has 0 radical (unpaired) electrons. The summed E-state index contributed by atoms with van der Waals surface area (Å²) in [7, 11) is 5.11. The Labute approximate surface area is 823 Å². The van der Waals surface area contributed by atoms with Crippen LogP contribution in [0, 0.1) is 0 Å². The molecule has 10 rings (SSSR count). The van der Waals surface area contributed by atoms with Crippen LogP contribution in [0.4, 0.5) is 5.69 Å². The number of carbonyl (C=O) groups excluding carboxylic acids is 6. The number of aromatic nitrogens is 2. The summed E-state index contributed by atoms with van der Waals surface area (Å²) >= 11 is 25.5. The van der Waals surface area contributed by atoms with Gasteiger partial charge in [0.05, 0.1) is 98.4 Å². The van der Waals surface area contributed by atoms with E-state index in [1.807, 2.05) is 84.1 Å². The third-order valence-electron chi connectivity index (χ3n) is 18.3. The predicted octanol–water partition coefficient (Wildman–Crippen LogP) is 22.0. The van der Waals surface area contributed by atoms with E-state index in [2.05, 4.69) is 203 Å². The van der Waals surface area contributed by atoms with Gasteiger partial charge in [0, 0.05) is 81.4 Å². The molecule has 1 saturated heterocycles. The number of anilines is 1. The maximum absolute atomic E-state index is 13.4. The molecule has 34 heteroatoms. The first kappa shape index (κ1) is 116. The van der Waals surface area contributed by atoms with Gasteiger partial charge >= 0.3 is 65.4 Å². The molecule has 1 amide bonds. The van der Waals surface area contributed by atoms with E-state index in [-0.39, 0.29) is 89.9 Å². The number of thiophene rings is 8. The van der Waals surface area contributed by atoms with Gasteiger partial charge in [0.25, 0.3) is 0 Å². The summed E-state index contributed by atoms with van der Waals surface area (Å²) in [4.78, 5) is 103. The van der Waals surface area contributed by atoms with Gasteiger partial charge in [-0.3, -0.25) is 42.5 Å². The quantitative estimate of drug-likeness (QED) is 0.0183. The van der Waals surface area contributed by atoms with Crippen molar-refractivity contribution in [2.45, 2.75) is 242 Å². The smallest absolute Gasteiger partial charge is 0.528 e. The zero-order valence-corrected chi connectivity index (χ0v) is 90.6. The fourth-order valence-corrected chi connectivity index (χ4v) is 23.5. The molecule has 9 aromatic heterocycles. The van der Waals surface area contributed by atoms with Gasteiger partial charge < -0.3 is 43.6 Å². The topological polar surface area (TPSA) is 286 Å². The fourth-order valence-electron chi connectivity index (χ4n) is 12.1. The van der Waals surface area contributed by atoms with E-state index in [1.165, 1.54) is 84.4 Å². The SMILES string of the molecule is C=C(C)c1cc(CC(=O)OC)c(C(=C)C)s1.CC(C)c1cc(CC(=O)Cl)c(C(C)C)s1.CC(C)c1cc(CC(=O)O)c(C(C)C)s1.CC(C)c1cc(CC(=O)[N-]S(=O)(=O)N(c2cnn(C)c2)C2CCCN(C)C2)c(C(C)C)s1.COC(=O)Cc1cc(Br)sc1Br.COC(=O)Cc1cc(C(C)C)sc1C(C)C.COC(=O)Cc1ccsc1.O=C(O)Cc1ccsc1.[Na+]. The van der Waals surface area contributed by atoms with Gasteiger partial charge in [-0.25, -0.2) is 8.42 Å². The number of allylic oxidation sites excluding steroid dienone is 2. The van der Waals surface area contributed by atoms with E-state index in [9.17, 15) is 46.8 Å². The molecule has 0 bridgehead atoms. The molecule has 10 heterocycles. The van der Waals surface area contributed by atoms with Crippen molar-refractivity contribution in [1.29, 1.82) is 0 Å². The molecular weight excluding hydrogens is 1940 g/mol. The van der Waals surface area contributed by atoms with Gasteiger partial charge in [0.2, 0.25) is 5.24 Å². The molecule has 1 unspecified atom stereocenters. The van der Waals surface area contributed by atoms with Gasteiger partial charge in [-0.2, -0.15) is 27.8 Å². The number of hydrogen-bond donors (Lipinski definition) is 2. The fraction of sp³-hybridized carbons (Fsp3) is 0.489. The molecule has 2 N–H and O–H groups in total. The summed E-state index contributed by atoms with van der Waals surface area (Å²) in [6.45, 7) is 47.4. The van der Waals surface area contributed by atoms with Crippen molar-refractivity contribution in [2.75, 3.05) is 52.9 Å². The maximum atomic E-state index is 13.4. The minimum absolute atomic E-state index is 0. The second-order valence-electron chi connectivity index (χ2n) is 32.1. The van der Waals surface area contributed by atoms with E-state index < -0.39 is 28.1 Å². The van der Waals surface area contributed by atoms with Crippen molar-refractivity contribution in [3.8, 4) is 0 Å². The summed E-state index contributed by atoms with van der Waals surface area (Å²) < 4.78 is 53.7. The molecule has 1 aliphatic heterocycles. The number of carboxylic acids is 2. The second-order valence-corrected chi connectivity index (χ2v) is 44.8. The minimum atomic E-state index is -4.21. The summed E-state index contributed by atoms with van der Waals surface area (Å²) in [6.07, 6.45) is 6.79. The number of halogens is 3. The van der Waals surface area contributed by atoms with E-state index in [4.69, 9.17) is 26.6 Å². The number of rotatable bonds is 30. The average Bonchev–Trinajstić information content (AvgIpc) is 1.29. The van der Waals surface area contributed by atoms with Gasteiger partial charge in [0.1, 0.15) is 0 Å². The number of esters is 4. The number of nitrogens with zero attached hydrogens (tertiary/aromatic N) is 5. The van der Waals surface area contributed by atoms with Gasteiger partial charge in [0.15, 0.2) is 10.2 Å². The zero-order chi connectivity index (χ0) is 94.6. The Kier molecular flexibility index (Phi) is 53.7. The molecule has 1 aliphatic rings. The second kappa shape index (κ2) is 58.2. The normalized spacial score (nSPS) is 12.3. The predicted molar refractivity (Wildman–Crippen MR) is 529 cm³/mol. The average molecular weight is 2060 g/mol. The Morgan fingerprint density at radius 2 is 0.921 bits per heavy atom. The number of hydrogen-bond acceptors (Lipinski definition) is 24. The van der Waals surface area contributed by atoms with Crippen molar-refractivity contribution < 1.29 is 105 Å². The van der Waals surface area contributed by atoms with E-state index >= 15 is 0 Å². The summed E-state index contributed by atoms with van der Waals surface area (Å²) in [5.74, 6) is 0.542. The van der Waals surface area contributed by atoms with Crippen LogP contribution in [-0.2, 0) is 126 Å². The number of piperidine rings is 1. The minimum Gasteiger partial charge on any atom is -0.528 e. The van der Waals surface area contributed by atoms with Crippen LogP contribution >= 0.6 is 134 Å². The Bertz CT molecular complexity index is 4970. The number of ether oxygens (including phenoxy) is 4. The van der Waals surface area contributed by atoms with E-state index in [1.54, 1.807) is 85.9 Å². The Morgan fingerprint density at radius 1 is 0.532 bits per heavy atom. The summed E-state index contributed by atoms with van der Waals surface area (Å²) in [5, 5.41) is 28.6. The maximum Gasteiger partial charge on any atom is 1.00 e. The van der Waals surface area contributed by atoms with Crippen LogP contribution in [0.2, 0.25) is 0 Å². The Balaban J connectivity index is 0.000000504. The first-order chi connectivity index (χ1) is 58.4. The Morgan fingerprint density at radius 3 is 1.25 bits per heavy atom. The molecule has 0 spiro atoms. The largest absolute Gasteiger partial charge is 1.00 e. The van der Waals surface area contributed by atoms with Crippen molar-refractivity contribution in [1.82, 2.24) is 14.7 Å². The van der Waals surface area contributed by atoms with Crippen LogP contribution in [0.3, 0.4) is 0 Å². The monoisotopic (exact) mass is 2060 g/mol. The summed E-state index contributed by atoms with van der Waals surface area (Å²) in [5.41, 5.74) is 10.4. The number of likely N-dealkylation sites (tertiary alicyclic amines) is 1. The standard InChI is InChI=1S/C22H35N5O3S2.C13H20O2S.C13H16O2S.C12H17ClOS.C12H18O2S.C7H6Br2O2S.C7H8O2S.C6H6O2S.Na/c1-15(2)20-10-17(22(31-20)16(3)4)11-21(28)24-32(29,30)27(19-12-23-26(6)14-19)18-8-7-9-25(5)13-18;2*1-8(2)11-6-10(7-12(14)15-5)13(16-11)9(3)4;2*1-7(2)10-5-9(6-11(13)14)12(15-10)8(3)4;1-11-6(10)3-4-2-5(8)12-7(4)9;1-9-7(8)4-6-2-3-10-5-6;7-6(8)3-5-1-2-9-4-5;/h10,12,14-16,18H,7-9,11,13H2,1-6H3,(H,24,28);6,8-9H,7H2,1-5H3;6H,1,3,7H2,2,4-5H3;5,7-8H,6H2,1-4H3;5,7-8H,6H2,1-4H3,(H,13,14);2H,3H2,1H3;2-3,5H,4H2,1H3;1-2,4H,3H2,(H,7,8);/q;;;;;;;;+1/p-1. The van der Waals surface area contributed by atoms with Gasteiger partial charge in [-0.1, -0.05) is 124 Å². The van der Waals surface area contributed by atoms with Gasteiger partial charge in [-0.05, 0) is 257 Å². The van der Waals surface area contributed by atoms with E-state index in [0.29, 0.717) is 92.2 Å². The van der Waals surface area contributed by atoms with Crippen molar-refractivity contribution in [3.63, 3.8) is 0 Å². The van der Waals surface area contributed by atoms with Crippen molar-refractivity contribution in [2.24, 2.45) is 7.05 Å². The van der Waals surface area contributed by atoms with Crippen LogP contribution < -0.4 is 33.9 Å². The number of aliphatic carboxylic acids is 2. The van der Waals surface area contributed by atoms with Gasteiger partial charge in [-0.15, -0.1) is 68.0 Å². The first-order valence-electron chi connectivity index (χ1n) is 40.7. The number of carboxylic acid groups (broad SMARTS) is 2. The first-order valence-corrected chi connectivity index (χ1v) is 50.9. The number of likely N-dealkylation sites (N-methyl/N-ethyl adjacent to an activating group) is 1. The van der Waals surface area contributed by atoms with Crippen LogP contribution in [0.1, 0.15) is 278 Å². The molecule has 9 aromatic rings. The number of methoxy groups -OCH3 is 4. The Hall–Kier alpha value is -5.79. The van der Waals surface area contributed by atoms with Crippen molar-refractivity contribution in [3.05, 3.63) is 201 Å².